The van der Waals surface area contributed by atoms with Crippen molar-refractivity contribution in [1.82, 2.24) is 10.3 Å². The highest BCUT2D eigenvalue weighted by atomic mass is 15.1. The van der Waals surface area contributed by atoms with Crippen LogP contribution in [0.4, 0.5) is 5.69 Å². The van der Waals surface area contributed by atoms with Crippen LogP contribution in [0.3, 0.4) is 0 Å². The molecule has 0 bridgehead atoms. The van der Waals surface area contributed by atoms with Gasteiger partial charge in [0.25, 0.3) is 0 Å². The fourth-order valence-electron chi connectivity index (χ4n) is 1.93. The minimum atomic E-state index is 0.915. The minimum Gasteiger partial charge on any atom is -0.378 e. The Balaban J connectivity index is 1.74. The molecule has 0 radical (unpaired) electrons. The fourth-order valence-corrected chi connectivity index (χ4v) is 1.93. The van der Waals surface area contributed by atoms with Gasteiger partial charge in [0.15, 0.2) is 0 Å². The van der Waals surface area contributed by atoms with E-state index in [4.69, 9.17) is 0 Å². The summed E-state index contributed by atoms with van der Waals surface area (Å²) in [6.07, 6.45) is 4.73. The molecule has 0 aliphatic rings. The van der Waals surface area contributed by atoms with E-state index in [1.807, 2.05) is 12.4 Å². The molecule has 0 saturated carbocycles. The number of rotatable bonds is 6. The summed E-state index contributed by atoms with van der Waals surface area (Å²) in [6.45, 7) is 1.90. The molecule has 1 aromatic heterocycles. The Bertz CT molecular complexity index is 477. The van der Waals surface area contributed by atoms with Crippen molar-refractivity contribution in [3.05, 3.63) is 59.9 Å². The molecule has 0 atom stereocenters. The standard InChI is InChI=1S/C16H21N3/c1-19(2)16-5-3-15(4-6-16)13-18-12-9-14-7-10-17-11-8-14/h3-8,10-11,18H,9,12-13H2,1-2H3. The van der Waals surface area contributed by atoms with Crippen LogP contribution in [0, 0.1) is 0 Å². The quantitative estimate of drug-likeness (QED) is 0.804. The lowest BCUT2D eigenvalue weighted by molar-refractivity contribution is 0.686. The third-order valence-electron chi connectivity index (χ3n) is 3.12. The van der Waals surface area contributed by atoms with Gasteiger partial charge in [0.2, 0.25) is 0 Å². The second-order valence-electron chi connectivity index (χ2n) is 4.84. The van der Waals surface area contributed by atoms with Gasteiger partial charge in [0.1, 0.15) is 0 Å². The number of hydrogen-bond acceptors (Lipinski definition) is 3. The van der Waals surface area contributed by atoms with Crippen LogP contribution in [0.15, 0.2) is 48.8 Å². The van der Waals surface area contributed by atoms with Gasteiger partial charge in [-0.25, -0.2) is 0 Å². The normalized spacial score (nSPS) is 10.4. The zero-order chi connectivity index (χ0) is 13.5. The first-order valence-corrected chi connectivity index (χ1v) is 6.61. The molecule has 3 nitrogen and oxygen atoms in total. The highest BCUT2D eigenvalue weighted by molar-refractivity contribution is 5.45. The molecule has 0 unspecified atom stereocenters. The maximum atomic E-state index is 4.02. The number of anilines is 1. The molecule has 0 amide bonds. The lowest BCUT2D eigenvalue weighted by Gasteiger charge is -2.12. The van der Waals surface area contributed by atoms with Crippen LogP contribution < -0.4 is 10.2 Å². The molecule has 0 aliphatic carbocycles. The summed E-state index contributed by atoms with van der Waals surface area (Å²) in [5.74, 6) is 0. The molecular formula is C16H21N3. The molecule has 0 fully saturated rings. The van der Waals surface area contributed by atoms with Crippen molar-refractivity contribution in [1.29, 1.82) is 0 Å². The van der Waals surface area contributed by atoms with Crippen LogP contribution in [-0.2, 0) is 13.0 Å². The van der Waals surface area contributed by atoms with E-state index < -0.39 is 0 Å². The lowest BCUT2D eigenvalue weighted by Crippen LogP contribution is -2.16. The summed E-state index contributed by atoms with van der Waals surface area (Å²) in [5.41, 5.74) is 3.88. The van der Waals surface area contributed by atoms with Crippen LogP contribution in [-0.4, -0.2) is 25.6 Å². The van der Waals surface area contributed by atoms with Crippen molar-refractivity contribution in [2.45, 2.75) is 13.0 Å². The molecule has 1 N–H and O–H groups in total. The number of hydrogen-bond donors (Lipinski definition) is 1. The van der Waals surface area contributed by atoms with Crippen LogP contribution in [0.2, 0.25) is 0 Å². The molecule has 0 saturated heterocycles. The van der Waals surface area contributed by atoms with Gasteiger partial charge in [-0.2, -0.15) is 0 Å². The van der Waals surface area contributed by atoms with E-state index in [1.165, 1.54) is 16.8 Å². The third kappa shape index (κ3) is 4.38. The third-order valence-corrected chi connectivity index (χ3v) is 3.12. The molecule has 1 heterocycles. The van der Waals surface area contributed by atoms with Crippen molar-refractivity contribution < 1.29 is 0 Å². The highest BCUT2D eigenvalue weighted by Gasteiger charge is 1.96. The average Bonchev–Trinajstić information content (AvgIpc) is 2.45. The van der Waals surface area contributed by atoms with Crippen LogP contribution in [0.5, 0.6) is 0 Å². The predicted molar refractivity (Wildman–Crippen MR) is 80.4 cm³/mol. The van der Waals surface area contributed by atoms with E-state index in [2.05, 4.69) is 65.7 Å². The average molecular weight is 255 g/mol. The summed E-state index contributed by atoms with van der Waals surface area (Å²) < 4.78 is 0. The molecule has 19 heavy (non-hydrogen) atoms. The molecule has 2 aromatic rings. The Labute approximate surface area is 115 Å². The van der Waals surface area contributed by atoms with Gasteiger partial charge in [0.05, 0.1) is 0 Å². The first-order valence-electron chi connectivity index (χ1n) is 6.61. The molecular weight excluding hydrogens is 234 g/mol. The van der Waals surface area contributed by atoms with Crippen LogP contribution in [0.25, 0.3) is 0 Å². The monoisotopic (exact) mass is 255 g/mol. The van der Waals surface area contributed by atoms with Crippen LogP contribution in [0.1, 0.15) is 11.1 Å². The van der Waals surface area contributed by atoms with Gasteiger partial charge >= 0.3 is 0 Å². The molecule has 0 spiro atoms. The predicted octanol–water partition coefficient (Wildman–Crippen LogP) is 2.48. The SMILES string of the molecule is CN(C)c1ccc(CNCCc2ccncc2)cc1. The minimum absolute atomic E-state index is 0.915. The van der Waals surface area contributed by atoms with Crippen molar-refractivity contribution >= 4 is 5.69 Å². The Morgan fingerprint density at radius 1 is 0.947 bits per heavy atom. The maximum absolute atomic E-state index is 4.02. The first-order chi connectivity index (χ1) is 9.25. The van der Waals surface area contributed by atoms with Crippen LogP contribution >= 0.6 is 0 Å². The molecule has 0 aliphatic heterocycles. The second kappa shape index (κ2) is 6.90. The summed E-state index contributed by atoms with van der Waals surface area (Å²) in [6, 6.07) is 12.8. The fraction of sp³-hybridized carbons (Fsp3) is 0.312. The number of pyridine rings is 1. The Hall–Kier alpha value is -1.87. The number of nitrogens with one attached hydrogen (secondary N) is 1. The second-order valence-corrected chi connectivity index (χ2v) is 4.84. The van der Waals surface area contributed by atoms with E-state index in [0.717, 1.165) is 19.5 Å². The Morgan fingerprint density at radius 3 is 2.26 bits per heavy atom. The van der Waals surface area contributed by atoms with Crippen molar-refractivity contribution in [3.8, 4) is 0 Å². The summed E-state index contributed by atoms with van der Waals surface area (Å²) in [4.78, 5) is 6.13. The van der Waals surface area contributed by atoms with E-state index in [1.54, 1.807) is 0 Å². The molecule has 1 aromatic carbocycles. The van der Waals surface area contributed by atoms with Crippen molar-refractivity contribution in [2.75, 3.05) is 25.5 Å². The topological polar surface area (TPSA) is 28.2 Å². The molecule has 3 heteroatoms. The van der Waals surface area contributed by atoms with E-state index in [9.17, 15) is 0 Å². The maximum Gasteiger partial charge on any atom is 0.0361 e. The smallest absolute Gasteiger partial charge is 0.0361 e. The van der Waals surface area contributed by atoms with Gasteiger partial charge in [-0.15, -0.1) is 0 Å². The number of nitrogens with zero attached hydrogens (tertiary/aromatic N) is 2. The van der Waals surface area contributed by atoms with Gasteiger partial charge in [-0.3, -0.25) is 4.98 Å². The lowest BCUT2D eigenvalue weighted by atomic mass is 10.2. The van der Waals surface area contributed by atoms with Gasteiger partial charge in [-0.1, -0.05) is 12.1 Å². The first kappa shape index (κ1) is 13.6. The Morgan fingerprint density at radius 2 is 1.63 bits per heavy atom. The summed E-state index contributed by atoms with van der Waals surface area (Å²) in [5, 5.41) is 3.46. The summed E-state index contributed by atoms with van der Waals surface area (Å²) >= 11 is 0. The van der Waals surface area contributed by atoms with E-state index >= 15 is 0 Å². The summed E-state index contributed by atoms with van der Waals surface area (Å²) in [7, 11) is 4.12. The van der Waals surface area contributed by atoms with Crippen molar-refractivity contribution in [2.24, 2.45) is 0 Å². The zero-order valence-corrected chi connectivity index (χ0v) is 11.6. The number of aromatic nitrogens is 1. The largest absolute Gasteiger partial charge is 0.378 e. The van der Waals surface area contributed by atoms with E-state index in [-0.39, 0.29) is 0 Å². The van der Waals surface area contributed by atoms with E-state index in [0.29, 0.717) is 0 Å². The number of benzene rings is 1. The van der Waals surface area contributed by atoms with Gasteiger partial charge in [0, 0.05) is 38.7 Å². The van der Waals surface area contributed by atoms with Crippen molar-refractivity contribution in [3.63, 3.8) is 0 Å². The van der Waals surface area contributed by atoms with Gasteiger partial charge in [-0.05, 0) is 48.4 Å². The zero-order valence-electron chi connectivity index (χ0n) is 11.6. The van der Waals surface area contributed by atoms with Gasteiger partial charge < -0.3 is 10.2 Å². The molecule has 2 rings (SSSR count). The Kier molecular flexibility index (Phi) is 4.93. The molecule has 100 valence electrons. The highest BCUT2D eigenvalue weighted by Crippen LogP contribution is 2.11.